The largest absolute Gasteiger partial charge is 0.391 e. The predicted molar refractivity (Wildman–Crippen MR) is 72.4 cm³/mol. The third-order valence-corrected chi connectivity index (χ3v) is 3.15. The van der Waals surface area contributed by atoms with Gasteiger partial charge in [-0.25, -0.2) is 0 Å². The molecular weight excluding hydrogens is 250 g/mol. The highest BCUT2D eigenvalue weighted by atomic mass is 35.5. The van der Waals surface area contributed by atoms with Crippen LogP contribution in [0.1, 0.15) is 16.8 Å². The second kappa shape index (κ2) is 4.96. The maximum absolute atomic E-state index is 11.6. The molecule has 1 heterocycles. The zero-order valence-electron chi connectivity index (χ0n) is 10.3. The molecule has 94 valence electrons. The minimum atomic E-state index is -0.258. The van der Waals surface area contributed by atoms with Crippen LogP contribution in [0, 0.1) is 13.8 Å². The summed E-state index contributed by atoms with van der Waals surface area (Å²) >= 11 is 5.93. The van der Waals surface area contributed by atoms with Gasteiger partial charge < -0.3 is 9.67 Å². The molecule has 0 aliphatic heterocycles. The number of benzene rings is 1. The second-order valence-corrected chi connectivity index (χ2v) is 4.70. The van der Waals surface area contributed by atoms with Gasteiger partial charge in [-0.15, -0.1) is 0 Å². The third kappa shape index (κ3) is 2.33. The Morgan fingerprint density at radius 3 is 2.61 bits per heavy atom. The normalized spacial score (nSPS) is 10.7. The Labute approximate surface area is 110 Å². The number of rotatable bonds is 2. The van der Waals surface area contributed by atoms with E-state index in [4.69, 9.17) is 16.7 Å². The lowest BCUT2D eigenvalue weighted by atomic mass is 10.1. The molecule has 0 radical (unpaired) electrons. The second-order valence-electron chi connectivity index (χ2n) is 4.26. The molecule has 0 bridgehead atoms. The summed E-state index contributed by atoms with van der Waals surface area (Å²) in [6.45, 7) is 3.56. The summed E-state index contributed by atoms with van der Waals surface area (Å²) in [5.74, 6) is 0. The number of pyridine rings is 1. The summed E-state index contributed by atoms with van der Waals surface area (Å²) in [5, 5.41) is 9.84. The van der Waals surface area contributed by atoms with Crippen molar-refractivity contribution in [3.8, 4) is 5.69 Å². The Kier molecular flexibility index (Phi) is 3.55. The quantitative estimate of drug-likeness (QED) is 0.905. The predicted octanol–water partition coefficient (Wildman–Crippen LogP) is 2.60. The molecule has 0 spiro atoms. The third-order valence-electron chi connectivity index (χ3n) is 2.91. The van der Waals surface area contributed by atoms with Gasteiger partial charge in [0.15, 0.2) is 5.43 Å². The molecule has 0 aliphatic carbocycles. The van der Waals surface area contributed by atoms with Crippen LogP contribution in [-0.4, -0.2) is 9.67 Å². The number of aryl methyl sites for hydroxylation is 2. The molecule has 0 unspecified atom stereocenters. The van der Waals surface area contributed by atoms with Crippen LogP contribution in [-0.2, 0) is 6.61 Å². The molecule has 0 saturated carbocycles. The lowest BCUT2D eigenvalue weighted by Gasteiger charge is -2.14. The monoisotopic (exact) mass is 263 g/mol. The van der Waals surface area contributed by atoms with Crippen LogP contribution in [0.25, 0.3) is 5.69 Å². The van der Waals surface area contributed by atoms with E-state index in [1.807, 2.05) is 30.5 Å². The highest BCUT2D eigenvalue weighted by molar-refractivity contribution is 6.30. The summed E-state index contributed by atoms with van der Waals surface area (Å²) in [5.41, 5.74) is 3.03. The van der Waals surface area contributed by atoms with Crippen molar-refractivity contribution in [2.24, 2.45) is 0 Å². The first-order valence-electron chi connectivity index (χ1n) is 5.62. The SMILES string of the molecule is Cc1cc(Cl)ccc1-n1cc(CO)c(=O)cc1C. The maximum Gasteiger partial charge on any atom is 0.187 e. The maximum atomic E-state index is 11.6. The van der Waals surface area contributed by atoms with E-state index in [1.165, 1.54) is 6.07 Å². The van der Waals surface area contributed by atoms with E-state index in [0.29, 0.717) is 10.6 Å². The number of hydrogen-bond donors (Lipinski definition) is 1. The van der Waals surface area contributed by atoms with Crippen LogP contribution < -0.4 is 5.43 Å². The summed E-state index contributed by atoms with van der Waals surface area (Å²) in [6, 6.07) is 7.10. The van der Waals surface area contributed by atoms with Crippen molar-refractivity contribution in [1.82, 2.24) is 4.57 Å². The molecule has 2 rings (SSSR count). The number of aliphatic hydroxyl groups is 1. The van der Waals surface area contributed by atoms with E-state index >= 15 is 0 Å². The van der Waals surface area contributed by atoms with Gasteiger partial charge in [0.05, 0.1) is 6.61 Å². The first kappa shape index (κ1) is 12.9. The van der Waals surface area contributed by atoms with Crippen molar-refractivity contribution in [3.63, 3.8) is 0 Å². The number of nitrogens with zero attached hydrogens (tertiary/aromatic N) is 1. The lowest BCUT2D eigenvalue weighted by Crippen LogP contribution is -2.14. The van der Waals surface area contributed by atoms with Gasteiger partial charge in [-0.1, -0.05) is 11.6 Å². The van der Waals surface area contributed by atoms with Gasteiger partial charge in [0.25, 0.3) is 0 Å². The van der Waals surface area contributed by atoms with Crippen molar-refractivity contribution >= 4 is 11.6 Å². The van der Waals surface area contributed by atoms with Crippen LogP contribution >= 0.6 is 11.6 Å². The molecule has 1 N–H and O–H groups in total. The van der Waals surface area contributed by atoms with Gasteiger partial charge in [-0.3, -0.25) is 4.79 Å². The standard InChI is InChI=1S/C14H14ClNO2/c1-9-5-12(15)3-4-13(9)16-7-11(8-17)14(18)6-10(16)2/h3-7,17H,8H2,1-2H3. The van der Waals surface area contributed by atoms with E-state index in [2.05, 4.69) is 0 Å². The summed E-state index contributed by atoms with van der Waals surface area (Å²) in [6.07, 6.45) is 1.67. The zero-order valence-corrected chi connectivity index (χ0v) is 11.0. The van der Waals surface area contributed by atoms with Crippen LogP contribution in [0.4, 0.5) is 0 Å². The van der Waals surface area contributed by atoms with Gasteiger partial charge in [-0.2, -0.15) is 0 Å². The Morgan fingerprint density at radius 2 is 2.00 bits per heavy atom. The van der Waals surface area contributed by atoms with Crippen LogP contribution in [0.2, 0.25) is 5.02 Å². The van der Waals surface area contributed by atoms with Crippen molar-refractivity contribution in [3.05, 3.63) is 62.5 Å². The molecule has 0 atom stereocenters. The average molecular weight is 264 g/mol. The van der Waals surface area contributed by atoms with Crippen molar-refractivity contribution in [2.45, 2.75) is 20.5 Å². The number of aliphatic hydroxyl groups excluding tert-OH is 1. The molecule has 18 heavy (non-hydrogen) atoms. The van der Waals surface area contributed by atoms with E-state index in [-0.39, 0.29) is 12.0 Å². The Hall–Kier alpha value is -1.58. The molecular formula is C14H14ClNO2. The van der Waals surface area contributed by atoms with Crippen molar-refractivity contribution in [2.75, 3.05) is 0 Å². The van der Waals surface area contributed by atoms with Crippen molar-refractivity contribution in [1.29, 1.82) is 0 Å². The minimum absolute atomic E-state index is 0.141. The fourth-order valence-electron chi connectivity index (χ4n) is 1.94. The highest BCUT2D eigenvalue weighted by Crippen LogP contribution is 2.20. The van der Waals surface area contributed by atoms with Crippen LogP contribution in [0.3, 0.4) is 0 Å². The fourth-order valence-corrected chi connectivity index (χ4v) is 2.17. The van der Waals surface area contributed by atoms with Gasteiger partial charge in [0.1, 0.15) is 0 Å². The van der Waals surface area contributed by atoms with Gasteiger partial charge >= 0.3 is 0 Å². The number of halogens is 1. The molecule has 0 aliphatic rings. The molecule has 1 aromatic heterocycles. The zero-order chi connectivity index (χ0) is 13.3. The van der Waals surface area contributed by atoms with Gasteiger partial charge in [0.2, 0.25) is 0 Å². The molecule has 0 fully saturated rings. The van der Waals surface area contributed by atoms with Crippen LogP contribution in [0.15, 0.2) is 35.3 Å². The first-order chi connectivity index (χ1) is 8.52. The average Bonchev–Trinajstić information content (AvgIpc) is 2.30. The molecule has 0 saturated heterocycles. The van der Waals surface area contributed by atoms with E-state index in [1.54, 1.807) is 12.3 Å². The summed E-state index contributed by atoms with van der Waals surface area (Å²) < 4.78 is 1.89. The fraction of sp³-hybridized carbons (Fsp3) is 0.214. The minimum Gasteiger partial charge on any atom is -0.391 e. The Morgan fingerprint density at radius 1 is 1.28 bits per heavy atom. The van der Waals surface area contributed by atoms with Gasteiger partial charge in [0, 0.05) is 34.2 Å². The lowest BCUT2D eigenvalue weighted by molar-refractivity contribution is 0.280. The smallest absolute Gasteiger partial charge is 0.187 e. The molecule has 1 aromatic carbocycles. The molecule has 3 nitrogen and oxygen atoms in total. The van der Waals surface area contributed by atoms with E-state index in [0.717, 1.165) is 16.9 Å². The topological polar surface area (TPSA) is 42.2 Å². The van der Waals surface area contributed by atoms with Crippen LogP contribution in [0.5, 0.6) is 0 Å². The number of hydrogen-bond acceptors (Lipinski definition) is 2. The summed E-state index contributed by atoms with van der Waals surface area (Å²) in [7, 11) is 0. The Bertz CT molecular complexity index is 647. The highest BCUT2D eigenvalue weighted by Gasteiger charge is 2.07. The summed E-state index contributed by atoms with van der Waals surface area (Å²) in [4.78, 5) is 11.6. The first-order valence-corrected chi connectivity index (χ1v) is 6.00. The van der Waals surface area contributed by atoms with E-state index in [9.17, 15) is 4.79 Å². The van der Waals surface area contributed by atoms with E-state index < -0.39 is 0 Å². The van der Waals surface area contributed by atoms with Gasteiger partial charge in [-0.05, 0) is 37.6 Å². The Balaban J connectivity index is 2.67. The molecule has 0 amide bonds. The van der Waals surface area contributed by atoms with Crippen molar-refractivity contribution < 1.29 is 5.11 Å². The molecule has 4 heteroatoms. The molecule has 2 aromatic rings. The number of aromatic nitrogens is 1.